The Morgan fingerprint density at radius 2 is 2.07 bits per heavy atom. The SMILES string of the molecule is CC(C)CCC(=O)N1CCC[C@H]1C(=O)Nc1ccccc1Oc1cccnc1. The third-order valence-corrected chi connectivity index (χ3v) is 4.82. The van der Waals surface area contributed by atoms with Crippen LogP contribution in [0.2, 0.25) is 0 Å². The Kier molecular flexibility index (Phi) is 6.63. The number of anilines is 1. The zero-order valence-electron chi connectivity index (χ0n) is 16.4. The van der Waals surface area contributed by atoms with Gasteiger partial charge in [-0.05, 0) is 49.4 Å². The summed E-state index contributed by atoms with van der Waals surface area (Å²) in [5, 5.41) is 2.94. The third kappa shape index (κ3) is 5.09. The number of benzene rings is 1. The zero-order chi connectivity index (χ0) is 19.9. The molecule has 1 aliphatic rings. The highest BCUT2D eigenvalue weighted by molar-refractivity contribution is 5.98. The Bertz CT molecular complexity index is 808. The molecule has 1 N–H and O–H groups in total. The second-order valence-electron chi connectivity index (χ2n) is 7.45. The number of hydrogen-bond acceptors (Lipinski definition) is 4. The van der Waals surface area contributed by atoms with Crippen LogP contribution in [0.15, 0.2) is 48.8 Å². The molecule has 0 aliphatic carbocycles. The lowest BCUT2D eigenvalue weighted by Crippen LogP contribution is -2.43. The molecule has 0 unspecified atom stereocenters. The van der Waals surface area contributed by atoms with E-state index in [1.54, 1.807) is 41.6 Å². The molecule has 1 aromatic carbocycles. The molecular weight excluding hydrogens is 354 g/mol. The number of para-hydroxylation sites is 2. The van der Waals surface area contributed by atoms with Gasteiger partial charge in [0.2, 0.25) is 11.8 Å². The van der Waals surface area contributed by atoms with Gasteiger partial charge in [0, 0.05) is 19.2 Å². The lowest BCUT2D eigenvalue weighted by atomic mass is 10.1. The molecule has 0 bridgehead atoms. The van der Waals surface area contributed by atoms with Gasteiger partial charge in [-0.2, -0.15) is 0 Å². The van der Waals surface area contributed by atoms with Gasteiger partial charge in [-0.25, -0.2) is 0 Å². The number of rotatable bonds is 7. The quantitative estimate of drug-likeness (QED) is 0.779. The van der Waals surface area contributed by atoms with Crippen molar-refractivity contribution in [3.05, 3.63) is 48.8 Å². The van der Waals surface area contributed by atoms with Gasteiger partial charge in [0.1, 0.15) is 11.8 Å². The number of carbonyl (C=O) groups excluding carboxylic acids is 2. The van der Waals surface area contributed by atoms with Crippen LogP contribution in [-0.4, -0.2) is 34.3 Å². The molecule has 6 heteroatoms. The van der Waals surface area contributed by atoms with Crippen molar-refractivity contribution in [2.24, 2.45) is 5.92 Å². The maximum absolute atomic E-state index is 12.9. The van der Waals surface area contributed by atoms with Crippen molar-refractivity contribution in [1.29, 1.82) is 0 Å². The maximum atomic E-state index is 12.9. The highest BCUT2D eigenvalue weighted by atomic mass is 16.5. The minimum atomic E-state index is -0.425. The summed E-state index contributed by atoms with van der Waals surface area (Å²) in [5.41, 5.74) is 0.581. The molecule has 1 aliphatic heterocycles. The number of ether oxygens (including phenoxy) is 1. The Morgan fingerprint density at radius 3 is 2.82 bits per heavy atom. The van der Waals surface area contributed by atoms with Crippen molar-refractivity contribution in [2.75, 3.05) is 11.9 Å². The first kappa shape index (κ1) is 19.9. The zero-order valence-corrected chi connectivity index (χ0v) is 16.4. The predicted octanol–water partition coefficient (Wildman–Crippen LogP) is 4.24. The molecule has 28 heavy (non-hydrogen) atoms. The Balaban J connectivity index is 1.68. The highest BCUT2D eigenvalue weighted by Crippen LogP contribution is 2.30. The topological polar surface area (TPSA) is 71.5 Å². The van der Waals surface area contributed by atoms with Crippen LogP contribution in [0, 0.1) is 5.92 Å². The van der Waals surface area contributed by atoms with E-state index in [1.807, 2.05) is 12.1 Å². The van der Waals surface area contributed by atoms with Gasteiger partial charge in [0.25, 0.3) is 0 Å². The third-order valence-electron chi connectivity index (χ3n) is 4.82. The lowest BCUT2D eigenvalue weighted by Gasteiger charge is -2.24. The molecule has 1 fully saturated rings. The fourth-order valence-electron chi connectivity index (χ4n) is 3.30. The summed E-state index contributed by atoms with van der Waals surface area (Å²) >= 11 is 0. The number of carbonyl (C=O) groups is 2. The number of nitrogens with one attached hydrogen (secondary N) is 1. The van der Waals surface area contributed by atoms with E-state index in [1.165, 1.54) is 0 Å². The molecular formula is C22H27N3O3. The normalized spacial score (nSPS) is 16.2. The van der Waals surface area contributed by atoms with Gasteiger partial charge < -0.3 is 15.0 Å². The minimum absolute atomic E-state index is 0.0613. The molecule has 2 aromatic rings. The van der Waals surface area contributed by atoms with Gasteiger partial charge in [-0.3, -0.25) is 14.6 Å². The standard InChI is InChI=1S/C22H27N3O3/c1-16(2)11-12-21(26)25-14-6-9-19(25)22(27)24-18-8-3-4-10-20(18)28-17-7-5-13-23-15-17/h3-5,7-8,10,13,15-16,19H,6,9,11-12,14H2,1-2H3,(H,24,27)/t19-/m0/s1. The molecule has 1 atom stereocenters. The minimum Gasteiger partial charge on any atom is -0.454 e. The Morgan fingerprint density at radius 1 is 1.25 bits per heavy atom. The summed E-state index contributed by atoms with van der Waals surface area (Å²) in [6, 6.07) is 10.4. The largest absolute Gasteiger partial charge is 0.454 e. The lowest BCUT2D eigenvalue weighted by molar-refractivity contribution is -0.136. The molecule has 148 valence electrons. The van der Waals surface area contributed by atoms with Gasteiger partial charge in [-0.15, -0.1) is 0 Å². The van der Waals surface area contributed by atoms with Crippen molar-refractivity contribution < 1.29 is 14.3 Å². The molecule has 2 amide bonds. The molecule has 0 spiro atoms. The van der Waals surface area contributed by atoms with Crippen molar-refractivity contribution in [1.82, 2.24) is 9.88 Å². The monoisotopic (exact) mass is 381 g/mol. The summed E-state index contributed by atoms with van der Waals surface area (Å²) in [6.45, 7) is 4.84. The molecule has 1 aromatic heterocycles. The second-order valence-corrected chi connectivity index (χ2v) is 7.45. The summed E-state index contributed by atoms with van der Waals surface area (Å²) in [4.78, 5) is 31.2. The molecule has 3 rings (SSSR count). The summed E-state index contributed by atoms with van der Waals surface area (Å²) < 4.78 is 5.85. The number of aromatic nitrogens is 1. The van der Waals surface area contributed by atoms with Gasteiger partial charge in [-0.1, -0.05) is 26.0 Å². The van der Waals surface area contributed by atoms with E-state index in [-0.39, 0.29) is 11.8 Å². The fraction of sp³-hybridized carbons (Fsp3) is 0.409. The number of amides is 2. The van der Waals surface area contributed by atoms with E-state index in [4.69, 9.17) is 4.74 Å². The fourth-order valence-corrected chi connectivity index (χ4v) is 3.30. The van der Waals surface area contributed by atoms with Crippen LogP contribution in [0.25, 0.3) is 0 Å². The first-order valence-corrected chi connectivity index (χ1v) is 9.82. The van der Waals surface area contributed by atoms with Crippen LogP contribution in [0.4, 0.5) is 5.69 Å². The van der Waals surface area contributed by atoms with Crippen LogP contribution in [0.3, 0.4) is 0 Å². The molecule has 0 radical (unpaired) electrons. The number of hydrogen-bond donors (Lipinski definition) is 1. The smallest absolute Gasteiger partial charge is 0.247 e. The summed E-state index contributed by atoms with van der Waals surface area (Å²) in [6.07, 6.45) is 6.15. The molecule has 0 saturated carbocycles. The Hall–Kier alpha value is -2.89. The van der Waals surface area contributed by atoms with Gasteiger partial charge in [0.05, 0.1) is 11.9 Å². The maximum Gasteiger partial charge on any atom is 0.247 e. The molecule has 6 nitrogen and oxygen atoms in total. The van der Waals surface area contributed by atoms with Crippen LogP contribution < -0.4 is 10.1 Å². The van der Waals surface area contributed by atoms with Crippen molar-refractivity contribution in [3.8, 4) is 11.5 Å². The van der Waals surface area contributed by atoms with Crippen molar-refractivity contribution >= 4 is 17.5 Å². The van der Waals surface area contributed by atoms with E-state index in [0.717, 1.165) is 12.8 Å². The average Bonchev–Trinajstić information content (AvgIpc) is 3.18. The molecule has 2 heterocycles. The van der Waals surface area contributed by atoms with Crippen molar-refractivity contribution in [3.63, 3.8) is 0 Å². The number of pyridine rings is 1. The number of likely N-dealkylation sites (tertiary alicyclic amines) is 1. The van der Waals surface area contributed by atoms with Crippen LogP contribution in [-0.2, 0) is 9.59 Å². The van der Waals surface area contributed by atoms with E-state index < -0.39 is 6.04 Å². The van der Waals surface area contributed by atoms with E-state index in [0.29, 0.717) is 42.5 Å². The first-order chi connectivity index (χ1) is 13.5. The summed E-state index contributed by atoms with van der Waals surface area (Å²) in [7, 11) is 0. The average molecular weight is 381 g/mol. The van der Waals surface area contributed by atoms with Crippen LogP contribution >= 0.6 is 0 Å². The highest BCUT2D eigenvalue weighted by Gasteiger charge is 2.34. The second kappa shape index (κ2) is 9.35. The van der Waals surface area contributed by atoms with Gasteiger partial charge >= 0.3 is 0 Å². The van der Waals surface area contributed by atoms with E-state index in [9.17, 15) is 9.59 Å². The summed E-state index contributed by atoms with van der Waals surface area (Å²) in [5.74, 6) is 1.49. The first-order valence-electron chi connectivity index (χ1n) is 9.82. The van der Waals surface area contributed by atoms with Crippen molar-refractivity contribution in [2.45, 2.75) is 45.6 Å². The van der Waals surface area contributed by atoms with E-state index >= 15 is 0 Å². The van der Waals surface area contributed by atoms with Gasteiger partial charge in [0.15, 0.2) is 5.75 Å². The van der Waals surface area contributed by atoms with Crippen LogP contribution in [0.1, 0.15) is 39.5 Å². The van der Waals surface area contributed by atoms with E-state index in [2.05, 4.69) is 24.1 Å². The molecule has 1 saturated heterocycles. The van der Waals surface area contributed by atoms with Crippen LogP contribution in [0.5, 0.6) is 11.5 Å². The Labute approximate surface area is 165 Å². The number of nitrogens with zero attached hydrogens (tertiary/aromatic N) is 2. The predicted molar refractivity (Wildman–Crippen MR) is 108 cm³/mol.